The summed E-state index contributed by atoms with van der Waals surface area (Å²) in [5.41, 5.74) is 3.45. The van der Waals surface area contributed by atoms with Crippen molar-refractivity contribution in [2.24, 2.45) is 5.10 Å². The van der Waals surface area contributed by atoms with Crippen LogP contribution in [0.5, 0.6) is 5.75 Å². The fourth-order valence-electron chi connectivity index (χ4n) is 1.90. The van der Waals surface area contributed by atoms with Gasteiger partial charge in [-0.1, -0.05) is 42.5 Å². The number of nitrogens with zero attached hydrogens (tertiary/aromatic N) is 1. The van der Waals surface area contributed by atoms with Crippen LogP contribution in [0.1, 0.15) is 24.1 Å². The van der Waals surface area contributed by atoms with E-state index < -0.39 is 11.8 Å². The Balaban J connectivity index is 1.88. The van der Waals surface area contributed by atoms with Crippen LogP contribution in [0, 0.1) is 0 Å². The first-order chi connectivity index (χ1) is 11.1. The van der Waals surface area contributed by atoms with Gasteiger partial charge in [0.05, 0.1) is 12.3 Å². The molecular formula is C17H17N3O3. The number of carbonyl (C=O) groups is 2. The number of hydrogen-bond donors (Lipinski definition) is 3. The van der Waals surface area contributed by atoms with Gasteiger partial charge in [0.1, 0.15) is 5.75 Å². The number of hydrogen-bond acceptors (Lipinski definition) is 4. The van der Waals surface area contributed by atoms with Crippen LogP contribution in [0.25, 0.3) is 0 Å². The molecule has 2 rings (SSSR count). The number of rotatable bonds is 4. The Morgan fingerprint density at radius 2 is 1.70 bits per heavy atom. The highest BCUT2D eigenvalue weighted by molar-refractivity contribution is 6.35. The van der Waals surface area contributed by atoms with Crippen molar-refractivity contribution in [2.75, 3.05) is 0 Å². The van der Waals surface area contributed by atoms with Crippen molar-refractivity contribution < 1.29 is 14.7 Å². The van der Waals surface area contributed by atoms with Gasteiger partial charge in [0.25, 0.3) is 0 Å². The number of aromatic hydroxyl groups is 1. The molecule has 2 aromatic carbocycles. The Kier molecular flexibility index (Phi) is 5.46. The number of benzene rings is 2. The van der Waals surface area contributed by atoms with E-state index in [1.54, 1.807) is 25.1 Å². The van der Waals surface area contributed by atoms with Gasteiger partial charge in [-0.3, -0.25) is 9.59 Å². The van der Waals surface area contributed by atoms with E-state index in [0.29, 0.717) is 5.56 Å². The third-order valence-corrected chi connectivity index (χ3v) is 3.16. The van der Waals surface area contributed by atoms with Gasteiger partial charge < -0.3 is 10.4 Å². The average Bonchev–Trinajstić information content (AvgIpc) is 2.57. The maximum absolute atomic E-state index is 11.8. The third kappa shape index (κ3) is 4.67. The Hall–Kier alpha value is -3.15. The predicted molar refractivity (Wildman–Crippen MR) is 86.8 cm³/mol. The first-order valence-electron chi connectivity index (χ1n) is 7.05. The molecule has 6 heteroatoms. The number of hydrazone groups is 1. The molecule has 118 valence electrons. The van der Waals surface area contributed by atoms with E-state index in [2.05, 4.69) is 15.8 Å². The van der Waals surface area contributed by atoms with Crippen molar-refractivity contribution in [1.82, 2.24) is 10.7 Å². The summed E-state index contributed by atoms with van der Waals surface area (Å²) in [7, 11) is 0. The standard InChI is InChI=1S/C17H17N3O3/c1-12(13-7-3-2-4-8-13)19-16(22)17(23)20-18-11-14-9-5-6-10-15(14)21/h2-12,21H,1H3,(H,19,22)(H,20,23)/b18-11-/t12-/m0/s1. The van der Waals surface area contributed by atoms with E-state index >= 15 is 0 Å². The highest BCUT2D eigenvalue weighted by atomic mass is 16.3. The second-order valence-electron chi connectivity index (χ2n) is 4.86. The number of phenols is 1. The van der Waals surface area contributed by atoms with Crippen molar-refractivity contribution >= 4 is 18.0 Å². The van der Waals surface area contributed by atoms with Crippen LogP contribution in [-0.2, 0) is 9.59 Å². The Morgan fingerprint density at radius 1 is 1.04 bits per heavy atom. The lowest BCUT2D eigenvalue weighted by atomic mass is 10.1. The zero-order valence-electron chi connectivity index (χ0n) is 12.6. The molecule has 0 aromatic heterocycles. The molecule has 0 aliphatic rings. The SMILES string of the molecule is C[C@H](NC(=O)C(=O)N/N=C\c1ccccc1O)c1ccccc1. The summed E-state index contributed by atoms with van der Waals surface area (Å²) in [6, 6.07) is 15.5. The first-order valence-corrected chi connectivity index (χ1v) is 7.05. The van der Waals surface area contributed by atoms with Crippen LogP contribution in [0.3, 0.4) is 0 Å². The van der Waals surface area contributed by atoms with E-state index in [9.17, 15) is 14.7 Å². The summed E-state index contributed by atoms with van der Waals surface area (Å²) in [6.07, 6.45) is 1.27. The van der Waals surface area contributed by atoms with Gasteiger partial charge in [0.15, 0.2) is 0 Å². The lowest BCUT2D eigenvalue weighted by Gasteiger charge is -2.13. The summed E-state index contributed by atoms with van der Waals surface area (Å²) in [5.74, 6) is -1.62. The topological polar surface area (TPSA) is 90.8 Å². The van der Waals surface area contributed by atoms with Crippen LogP contribution in [0.2, 0.25) is 0 Å². The first kappa shape index (κ1) is 16.2. The van der Waals surface area contributed by atoms with Gasteiger partial charge in [-0.15, -0.1) is 0 Å². The lowest BCUT2D eigenvalue weighted by Crippen LogP contribution is -2.39. The van der Waals surface area contributed by atoms with E-state index in [1.807, 2.05) is 30.3 Å². The van der Waals surface area contributed by atoms with Crippen molar-refractivity contribution in [2.45, 2.75) is 13.0 Å². The van der Waals surface area contributed by atoms with E-state index in [0.717, 1.165) is 5.56 Å². The molecule has 0 saturated carbocycles. The van der Waals surface area contributed by atoms with Gasteiger partial charge in [-0.05, 0) is 24.6 Å². The number of para-hydroxylation sites is 1. The molecule has 2 aromatic rings. The minimum Gasteiger partial charge on any atom is -0.507 e. The summed E-state index contributed by atoms with van der Waals surface area (Å²) >= 11 is 0. The number of phenolic OH excluding ortho intramolecular Hbond substituents is 1. The van der Waals surface area contributed by atoms with Gasteiger partial charge in [0.2, 0.25) is 0 Å². The monoisotopic (exact) mass is 311 g/mol. The normalized spacial score (nSPS) is 11.9. The Bertz CT molecular complexity index is 714. The molecular weight excluding hydrogens is 294 g/mol. The minimum absolute atomic E-state index is 0.0349. The van der Waals surface area contributed by atoms with E-state index in [1.165, 1.54) is 12.3 Å². The van der Waals surface area contributed by atoms with Gasteiger partial charge in [-0.2, -0.15) is 5.10 Å². The molecule has 1 atom stereocenters. The minimum atomic E-state index is -0.876. The highest BCUT2D eigenvalue weighted by Gasteiger charge is 2.16. The molecule has 23 heavy (non-hydrogen) atoms. The quantitative estimate of drug-likeness (QED) is 0.456. The molecule has 0 unspecified atom stereocenters. The van der Waals surface area contributed by atoms with Crippen LogP contribution in [0.15, 0.2) is 59.7 Å². The maximum atomic E-state index is 11.8. The zero-order chi connectivity index (χ0) is 16.7. The number of amides is 2. The molecule has 0 saturated heterocycles. The maximum Gasteiger partial charge on any atom is 0.329 e. The van der Waals surface area contributed by atoms with Gasteiger partial charge >= 0.3 is 11.8 Å². The summed E-state index contributed by atoms with van der Waals surface area (Å²) in [5, 5.41) is 15.8. The van der Waals surface area contributed by atoms with Crippen LogP contribution < -0.4 is 10.7 Å². The molecule has 0 heterocycles. The largest absolute Gasteiger partial charge is 0.507 e. The summed E-state index contributed by atoms with van der Waals surface area (Å²) < 4.78 is 0. The Morgan fingerprint density at radius 3 is 2.39 bits per heavy atom. The molecule has 6 nitrogen and oxygen atoms in total. The second-order valence-corrected chi connectivity index (χ2v) is 4.86. The third-order valence-electron chi connectivity index (χ3n) is 3.16. The molecule has 0 aliphatic carbocycles. The fraction of sp³-hybridized carbons (Fsp3) is 0.118. The molecule has 2 amide bonds. The molecule has 0 bridgehead atoms. The van der Waals surface area contributed by atoms with Gasteiger partial charge in [-0.25, -0.2) is 5.43 Å². The number of nitrogens with one attached hydrogen (secondary N) is 2. The van der Waals surface area contributed by atoms with Crippen molar-refractivity contribution in [1.29, 1.82) is 0 Å². The number of carbonyl (C=O) groups excluding carboxylic acids is 2. The second kappa shape index (κ2) is 7.74. The summed E-state index contributed by atoms with van der Waals surface area (Å²) in [6.45, 7) is 1.78. The predicted octanol–water partition coefficient (Wildman–Crippen LogP) is 1.72. The molecule has 0 fully saturated rings. The van der Waals surface area contributed by atoms with Crippen LogP contribution in [-0.4, -0.2) is 23.1 Å². The van der Waals surface area contributed by atoms with Crippen molar-refractivity contribution in [3.05, 3.63) is 65.7 Å². The van der Waals surface area contributed by atoms with Crippen molar-refractivity contribution in [3.8, 4) is 5.75 Å². The lowest BCUT2D eigenvalue weighted by molar-refractivity contribution is -0.139. The Labute approximate surface area is 133 Å². The highest BCUT2D eigenvalue weighted by Crippen LogP contribution is 2.12. The van der Waals surface area contributed by atoms with Crippen LogP contribution in [0.4, 0.5) is 0 Å². The van der Waals surface area contributed by atoms with Crippen LogP contribution >= 0.6 is 0 Å². The fourth-order valence-corrected chi connectivity index (χ4v) is 1.90. The van der Waals surface area contributed by atoms with Crippen molar-refractivity contribution in [3.63, 3.8) is 0 Å². The smallest absolute Gasteiger partial charge is 0.329 e. The zero-order valence-corrected chi connectivity index (χ0v) is 12.6. The summed E-state index contributed by atoms with van der Waals surface area (Å²) in [4.78, 5) is 23.5. The molecule has 3 N–H and O–H groups in total. The van der Waals surface area contributed by atoms with E-state index in [-0.39, 0.29) is 11.8 Å². The molecule has 0 spiro atoms. The molecule has 0 radical (unpaired) electrons. The van der Waals surface area contributed by atoms with Gasteiger partial charge in [0, 0.05) is 5.56 Å². The molecule has 0 aliphatic heterocycles. The van der Waals surface area contributed by atoms with E-state index in [4.69, 9.17) is 0 Å². The average molecular weight is 311 g/mol.